The molecule has 1 saturated heterocycles. The summed E-state index contributed by atoms with van der Waals surface area (Å²) < 4.78 is 0. The monoisotopic (exact) mass is 255 g/mol. The van der Waals surface area contributed by atoms with Crippen LogP contribution in [-0.2, 0) is 9.59 Å². The van der Waals surface area contributed by atoms with Crippen molar-refractivity contribution in [3.05, 3.63) is 0 Å². The molecule has 1 aliphatic rings. The summed E-state index contributed by atoms with van der Waals surface area (Å²) in [5.74, 6) is 0.440. The van der Waals surface area contributed by atoms with Crippen LogP contribution in [0.1, 0.15) is 40.0 Å². The van der Waals surface area contributed by atoms with Crippen LogP contribution in [0.25, 0.3) is 0 Å². The molecule has 5 heteroatoms. The van der Waals surface area contributed by atoms with Crippen LogP contribution >= 0.6 is 0 Å². The Labute approximate surface area is 109 Å². The molecule has 1 rings (SSSR count). The highest BCUT2D eigenvalue weighted by Crippen LogP contribution is 2.18. The van der Waals surface area contributed by atoms with Gasteiger partial charge in [0.05, 0.1) is 5.54 Å². The van der Waals surface area contributed by atoms with Crippen molar-refractivity contribution in [2.24, 2.45) is 5.92 Å². The molecule has 1 fully saturated rings. The number of amides is 2. The number of carbonyl (C=O) groups excluding carboxylic acids is 2. The molecule has 18 heavy (non-hydrogen) atoms. The SMILES string of the molecule is CC(C)CNC(=O)CCNC(=O)C1(C)CCCN1. The van der Waals surface area contributed by atoms with E-state index >= 15 is 0 Å². The van der Waals surface area contributed by atoms with Crippen LogP contribution in [0.3, 0.4) is 0 Å². The lowest BCUT2D eigenvalue weighted by Crippen LogP contribution is -2.51. The zero-order valence-electron chi connectivity index (χ0n) is 11.6. The van der Waals surface area contributed by atoms with Crippen molar-refractivity contribution < 1.29 is 9.59 Å². The molecule has 1 unspecified atom stereocenters. The first-order chi connectivity index (χ1) is 8.44. The van der Waals surface area contributed by atoms with E-state index in [2.05, 4.69) is 29.8 Å². The van der Waals surface area contributed by atoms with Gasteiger partial charge in [0.25, 0.3) is 0 Å². The van der Waals surface area contributed by atoms with E-state index in [0.29, 0.717) is 25.4 Å². The average molecular weight is 255 g/mol. The van der Waals surface area contributed by atoms with E-state index < -0.39 is 5.54 Å². The molecule has 5 nitrogen and oxygen atoms in total. The zero-order valence-corrected chi connectivity index (χ0v) is 11.6. The molecule has 0 saturated carbocycles. The second-order valence-corrected chi connectivity index (χ2v) is 5.57. The summed E-state index contributed by atoms with van der Waals surface area (Å²) in [5, 5.41) is 8.85. The molecule has 0 aromatic rings. The maximum Gasteiger partial charge on any atom is 0.240 e. The Morgan fingerprint density at radius 2 is 2.06 bits per heavy atom. The first-order valence-electron chi connectivity index (χ1n) is 6.74. The Bertz CT molecular complexity index is 297. The van der Waals surface area contributed by atoms with Gasteiger partial charge in [0.2, 0.25) is 11.8 Å². The second kappa shape index (κ2) is 6.73. The van der Waals surface area contributed by atoms with Crippen LogP contribution in [0.4, 0.5) is 0 Å². The van der Waals surface area contributed by atoms with E-state index in [-0.39, 0.29) is 11.8 Å². The molecule has 0 spiro atoms. The molecular weight excluding hydrogens is 230 g/mol. The van der Waals surface area contributed by atoms with Crippen molar-refractivity contribution in [1.29, 1.82) is 0 Å². The fourth-order valence-corrected chi connectivity index (χ4v) is 1.98. The molecule has 0 aromatic heterocycles. The third kappa shape index (κ3) is 4.64. The van der Waals surface area contributed by atoms with Gasteiger partial charge in [-0.05, 0) is 32.2 Å². The molecule has 3 N–H and O–H groups in total. The largest absolute Gasteiger partial charge is 0.356 e. The zero-order chi connectivity index (χ0) is 13.6. The predicted octanol–water partition coefficient (Wildman–Crippen LogP) is 0.407. The fourth-order valence-electron chi connectivity index (χ4n) is 1.98. The van der Waals surface area contributed by atoms with E-state index in [0.717, 1.165) is 19.4 Å². The Morgan fingerprint density at radius 1 is 1.33 bits per heavy atom. The minimum Gasteiger partial charge on any atom is -0.356 e. The van der Waals surface area contributed by atoms with Crippen LogP contribution in [0.15, 0.2) is 0 Å². The number of rotatable bonds is 6. The molecule has 2 amide bonds. The lowest BCUT2D eigenvalue weighted by Gasteiger charge is -2.22. The lowest BCUT2D eigenvalue weighted by molar-refractivity contribution is -0.126. The molecule has 1 heterocycles. The minimum absolute atomic E-state index is 0.00309. The Hall–Kier alpha value is -1.10. The summed E-state index contributed by atoms with van der Waals surface area (Å²) in [7, 11) is 0. The maximum atomic E-state index is 11.9. The van der Waals surface area contributed by atoms with Gasteiger partial charge in [-0.2, -0.15) is 0 Å². The van der Waals surface area contributed by atoms with E-state index in [4.69, 9.17) is 0 Å². The number of nitrogens with one attached hydrogen (secondary N) is 3. The number of hydrogen-bond acceptors (Lipinski definition) is 3. The van der Waals surface area contributed by atoms with Gasteiger partial charge in [-0.25, -0.2) is 0 Å². The summed E-state index contributed by atoms with van der Waals surface area (Å²) in [4.78, 5) is 23.4. The first kappa shape index (κ1) is 15.0. The minimum atomic E-state index is -0.450. The van der Waals surface area contributed by atoms with E-state index in [9.17, 15) is 9.59 Å². The van der Waals surface area contributed by atoms with Crippen molar-refractivity contribution in [1.82, 2.24) is 16.0 Å². The van der Waals surface area contributed by atoms with Crippen molar-refractivity contribution in [3.8, 4) is 0 Å². The summed E-state index contributed by atoms with van der Waals surface area (Å²) in [6.45, 7) is 7.99. The van der Waals surface area contributed by atoms with Crippen LogP contribution < -0.4 is 16.0 Å². The van der Waals surface area contributed by atoms with Gasteiger partial charge in [0.15, 0.2) is 0 Å². The normalized spacial score (nSPS) is 23.1. The summed E-state index contributed by atoms with van der Waals surface area (Å²) in [5.41, 5.74) is -0.450. The van der Waals surface area contributed by atoms with Gasteiger partial charge >= 0.3 is 0 Å². The first-order valence-corrected chi connectivity index (χ1v) is 6.74. The highest BCUT2D eigenvalue weighted by molar-refractivity contribution is 5.86. The topological polar surface area (TPSA) is 70.2 Å². The standard InChI is InChI=1S/C13H25N3O2/c1-10(2)9-15-11(17)5-8-14-12(18)13(3)6-4-7-16-13/h10,16H,4-9H2,1-3H3,(H,14,18)(H,15,17). The predicted molar refractivity (Wildman–Crippen MR) is 71.1 cm³/mol. The average Bonchev–Trinajstić information content (AvgIpc) is 2.74. The van der Waals surface area contributed by atoms with E-state index in [1.165, 1.54) is 0 Å². The van der Waals surface area contributed by atoms with Crippen LogP contribution in [0.5, 0.6) is 0 Å². The van der Waals surface area contributed by atoms with Crippen molar-refractivity contribution in [3.63, 3.8) is 0 Å². The quantitative estimate of drug-likeness (QED) is 0.644. The summed E-state index contributed by atoms with van der Waals surface area (Å²) >= 11 is 0. The number of carbonyl (C=O) groups is 2. The van der Waals surface area contributed by atoms with E-state index in [1.807, 2.05) is 6.92 Å². The third-order valence-electron chi connectivity index (χ3n) is 3.21. The van der Waals surface area contributed by atoms with Crippen LogP contribution in [-0.4, -0.2) is 37.0 Å². The van der Waals surface area contributed by atoms with Crippen LogP contribution in [0, 0.1) is 5.92 Å². The van der Waals surface area contributed by atoms with Gasteiger partial charge in [0.1, 0.15) is 0 Å². The van der Waals surface area contributed by atoms with Crippen molar-refractivity contribution >= 4 is 11.8 Å². The lowest BCUT2D eigenvalue weighted by atomic mass is 9.99. The van der Waals surface area contributed by atoms with Crippen LogP contribution in [0.2, 0.25) is 0 Å². The third-order valence-corrected chi connectivity index (χ3v) is 3.21. The van der Waals surface area contributed by atoms with Gasteiger partial charge in [-0.1, -0.05) is 13.8 Å². The van der Waals surface area contributed by atoms with Crippen molar-refractivity contribution in [2.75, 3.05) is 19.6 Å². The highest BCUT2D eigenvalue weighted by atomic mass is 16.2. The highest BCUT2D eigenvalue weighted by Gasteiger charge is 2.35. The van der Waals surface area contributed by atoms with Gasteiger partial charge < -0.3 is 16.0 Å². The van der Waals surface area contributed by atoms with Gasteiger partial charge in [0, 0.05) is 19.5 Å². The fraction of sp³-hybridized carbons (Fsp3) is 0.846. The van der Waals surface area contributed by atoms with Crippen molar-refractivity contribution in [2.45, 2.75) is 45.6 Å². The molecule has 0 bridgehead atoms. The molecule has 1 atom stereocenters. The van der Waals surface area contributed by atoms with Gasteiger partial charge in [-0.15, -0.1) is 0 Å². The number of hydrogen-bond donors (Lipinski definition) is 3. The van der Waals surface area contributed by atoms with E-state index in [1.54, 1.807) is 0 Å². The molecule has 0 aromatic carbocycles. The molecule has 104 valence electrons. The van der Waals surface area contributed by atoms with Gasteiger partial charge in [-0.3, -0.25) is 9.59 Å². The molecule has 0 aliphatic carbocycles. The second-order valence-electron chi connectivity index (χ2n) is 5.57. The Morgan fingerprint density at radius 3 is 2.61 bits per heavy atom. The maximum absolute atomic E-state index is 11.9. The molecule has 1 aliphatic heterocycles. The summed E-state index contributed by atoms with van der Waals surface area (Å²) in [6.07, 6.45) is 2.23. The Balaban J connectivity index is 2.17. The Kier molecular flexibility index (Phi) is 5.59. The smallest absolute Gasteiger partial charge is 0.240 e. The summed E-state index contributed by atoms with van der Waals surface area (Å²) in [6, 6.07) is 0. The molecular formula is C13H25N3O2. The molecule has 0 radical (unpaired) electrons.